The molecule has 0 saturated carbocycles. The number of amides is 3. The first-order valence-corrected chi connectivity index (χ1v) is 17.4. The van der Waals surface area contributed by atoms with Gasteiger partial charge in [-0.2, -0.15) is 0 Å². The maximum atomic E-state index is 14.8. The van der Waals surface area contributed by atoms with Crippen LogP contribution in [0.4, 0.5) is 0 Å². The first-order valence-electron chi connectivity index (χ1n) is 17.4. The van der Waals surface area contributed by atoms with E-state index < -0.39 is 47.7 Å². The fraction of sp³-hybridized carbons (Fsp3) is 0.611. The highest BCUT2D eigenvalue weighted by Gasteiger charge is 2.73. The van der Waals surface area contributed by atoms with Crippen molar-refractivity contribution in [3.05, 3.63) is 60.2 Å². The summed E-state index contributed by atoms with van der Waals surface area (Å²) in [7, 11) is 1.52. The van der Waals surface area contributed by atoms with Crippen LogP contribution >= 0.6 is 0 Å². The molecule has 13 heteroatoms. The summed E-state index contributed by atoms with van der Waals surface area (Å²) in [6.07, 6.45) is 7.25. The van der Waals surface area contributed by atoms with Crippen LogP contribution in [0.1, 0.15) is 37.4 Å². The van der Waals surface area contributed by atoms with Crippen LogP contribution in [0.15, 0.2) is 54.6 Å². The monoisotopic (exact) mass is 680 g/mol. The van der Waals surface area contributed by atoms with Gasteiger partial charge in [0.2, 0.25) is 17.7 Å². The zero-order valence-electron chi connectivity index (χ0n) is 28.1. The van der Waals surface area contributed by atoms with E-state index in [2.05, 4.69) is 10.2 Å². The van der Waals surface area contributed by atoms with Crippen molar-refractivity contribution in [1.29, 1.82) is 0 Å². The maximum Gasteiger partial charge on any atom is 0.313 e. The SMILES string of the molecule is COC[C@@H]1NC(=O)CC/C=C\CN(CCN2CCOCC2)C(=O)[C@H]2N(CCCCO)C(=O)[C@@H]3[C@@H](C(=O)O[C@H]1c1ccccc1)[C@H]1C=C[C@]32O1. The first-order chi connectivity index (χ1) is 23.9. The van der Waals surface area contributed by atoms with Crippen LogP contribution in [0, 0.1) is 11.8 Å². The molecule has 13 nitrogen and oxygen atoms in total. The molecule has 266 valence electrons. The van der Waals surface area contributed by atoms with Crippen molar-refractivity contribution in [2.24, 2.45) is 11.8 Å². The molecule has 3 saturated heterocycles. The lowest BCUT2D eigenvalue weighted by molar-refractivity contribution is -0.162. The van der Waals surface area contributed by atoms with Gasteiger partial charge in [-0.1, -0.05) is 54.6 Å². The number of rotatable bonds is 10. The van der Waals surface area contributed by atoms with Crippen LogP contribution in [-0.2, 0) is 38.1 Å². The molecule has 0 aliphatic carbocycles. The standard InChI is InChI=1S/C36H48N4O9/c1-46-24-26-31(25-10-4-2-5-11-25)48-35(45)29-27-13-14-36(49-27)30(29)33(43)40(16-8-9-21-41)32(36)34(44)39(15-7-3-6-12-28(42)37-26)18-17-38-19-22-47-23-20-38/h2-5,7,10-11,13-14,26-27,29-32,41H,6,8-9,12,15-24H2,1H3,(H,37,42)/b7-3-/t26-,27+,29-,30-,31-,32+,36-/m0/s1. The highest BCUT2D eigenvalue weighted by atomic mass is 16.6. The largest absolute Gasteiger partial charge is 0.455 e. The highest BCUT2D eigenvalue weighted by Crippen LogP contribution is 2.56. The Morgan fingerprint density at radius 3 is 2.55 bits per heavy atom. The predicted octanol–water partition coefficient (Wildman–Crippen LogP) is 0.836. The zero-order chi connectivity index (χ0) is 34.4. The molecule has 49 heavy (non-hydrogen) atoms. The highest BCUT2D eigenvalue weighted by molar-refractivity contribution is 5.99. The zero-order valence-corrected chi connectivity index (χ0v) is 28.1. The number of hydrogen-bond donors (Lipinski definition) is 2. The number of likely N-dealkylation sites (tertiary alicyclic amines) is 1. The molecule has 3 fully saturated rings. The van der Waals surface area contributed by atoms with E-state index in [1.807, 2.05) is 42.5 Å². The molecule has 3 amide bonds. The number of aliphatic hydroxyl groups is 1. The number of carbonyl (C=O) groups excluding carboxylic acids is 4. The molecule has 0 radical (unpaired) electrons. The second-order valence-electron chi connectivity index (χ2n) is 13.3. The van der Waals surface area contributed by atoms with Crippen molar-refractivity contribution in [3.63, 3.8) is 0 Å². The average molecular weight is 681 g/mol. The fourth-order valence-corrected chi connectivity index (χ4v) is 7.83. The summed E-state index contributed by atoms with van der Waals surface area (Å²) in [5, 5.41) is 12.5. The number of ether oxygens (including phenoxy) is 4. The van der Waals surface area contributed by atoms with Crippen molar-refractivity contribution in [3.8, 4) is 0 Å². The second kappa shape index (κ2) is 15.9. The summed E-state index contributed by atoms with van der Waals surface area (Å²) in [5.41, 5.74) is -0.684. The molecule has 5 bridgehead atoms. The van der Waals surface area contributed by atoms with Crippen molar-refractivity contribution in [2.75, 3.05) is 72.8 Å². The Morgan fingerprint density at radius 2 is 1.80 bits per heavy atom. The van der Waals surface area contributed by atoms with E-state index in [4.69, 9.17) is 18.9 Å². The van der Waals surface area contributed by atoms with Gasteiger partial charge in [0.05, 0.1) is 37.9 Å². The maximum absolute atomic E-state index is 14.8. The van der Waals surface area contributed by atoms with Gasteiger partial charge in [0, 0.05) is 59.4 Å². The number of hydrogen-bond acceptors (Lipinski definition) is 10. The Kier molecular flexibility index (Phi) is 11.5. The van der Waals surface area contributed by atoms with E-state index in [1.54, 1.807) is 22.0 Å². The van der Waals surface area contributed by atoms with Crippen molar-refractivity contribution < 1.29 is 43.2 Å². The normalized spacial score (nSPS) is 33.1. The van der Waals surface area contributed by atoms with Gasteiger partial charge in [-0.05, 0) is 24.8 Å². The number of carbonyl (C=O) groups is 4. The molecular formula is C36H48N4O9. The second-order valence-corrected chi connectivity index (χ2v) is 13.3. The van der Waals surface area contributed by atoms with Gasteiger partial charge in [0.1, 0.15) is 23.7 Å². The molecular weight excluding hydrogens is 632 g/mol. The molecule has 0 aromatic heterocycles. The number of benzene rings is 1. The minimum absolute atomic E-state index is 0.0425. The quantitative estimate of drug-likeness (QED) is 0.207. The number of fused-ring (bicyclic) bond motifs is 2. The summed E-state index contributed by atoms with van der Waals surface area (Å²) in [6.45, 7) is 4.38. The van der Waals surface area contributed by atoms with E-state index in [0.717, 1.165) is 13.1 Å². The molecule has 0 unspecified atom stereocenters. The predicted molar refractivity (Wildman–Crippen MR) is 177 cm³/mol. The lowest BCUT2D eigenvalue weighted by atomic mass is 9.74. The number of methoxy groups -OCH3 is 1. The number of cyclic esters (lactones) is 1. The molecule has 5 aliphatic heterocycles. The minimum Gasteiger partial charge on any atom is -0.455 e. The number of morpholine rings is 1. The van der Waals surface area contributed by atoms with Gasteiger partial charge in [-0.25, -0.2) is 0 Å². The average Bonchev–Trinajstić information content (AvgIpc) is 3.76. The van der Waals surface area contributed by atoms with Gasteiger partial charge < -0.3 is 39.2 Å². The van der Waals surface area contributed by atoms with Crippen LogP contribution in [0.5, 0.6) is 0 Å². The van der Waals surface area contributed by atoms with Crippen LogP contribution in [0.3, 0.4) is 0 Å². The Bertz CT molecular complexity index is 1400. The van der Waals surface area contributed by atoms with Crippen LogP contribution in [-0.4, -0.2) is 140 Å². The van der Waals surface area contributed by atoms with Crippen LogP contribution < -0.4 is 5.32 Å². The van der Waals surface area contributed by atoms with Crippen LogP contribution in [0.2, 0.25) is 0 Å². The van der Waals surface area contributed by atoms with Gasteiger partial charge >= 0.3 is 5.97 Å². The Morgan fingerprint density at radius 1 is 1.00 bits per heavy atom. The third-order valence-electron chi connectivity index (χ3n) is 10.2. The molecule has 1 aromatic carbocycles. The van der Waals surface area contributed by atoms with E-state index in [9.17, 15) is 24.3 Å². The van der Waals surface area contributed by atoms with Crippen molar-refractivity contribution >= 4 is 23.7 Å². The number of allylic oxidation sites excluding steroid dienone is 1. The molecule has 1 aromatic rings. The number of esters is 1. The van der Waals surface area contributed by atoms with E-state index in [1.165, 1.54) is 7.11 Å². The fourth-order valence-electron chi connectivity index (χ4n) is 7.83. The molecule has 2 N–H and O–H groups in total. The minimum atomic E-state index is -1.35. The smallest absolute Gasteiger partial charge is 0.313 e. The van der Waals surface area contributed by atoms with E-state index in [-0.39, 0.29) is 50.4 Å². The number of unbranched alkanes of at least 4 members (excludes halogenated alkanes) is 1. The summed E-state index contributed by atoms with van der Waals surface area (Å²) in [4.78, 5) is 62.3. The lowest BCUT2D eigenvalue weighted by Crippen LogP contribution is -2.57. The summed E-state index contributed by atoms with van der Waals surface area (Å²) < 4.78 is 23.8. The van der Waals surface area contributed by atoms with Gasteiger partial charge in [-0.3, -0.25) is 24.1 Å². The third-order valence-corrected chi connectivity index (χ3v) is 10.2. The van der Waals surface area contributed by atoms with Gasteiger partial charge in [-0.15, -0.1) is 0 Å². The summed E-state index contributed by atoms with van der Waals surface area (Å²) in [6, 6.07) is 7.44. The number of nitrogens with zero attached hydrogens (tertiary/aromatic N) is 3. The molecule has 5 aliphatic rings. The number of aliphatic hydroxyl groups excluding tert-OH is 1. The third kappa shape index (κ3) is 7.32. The molecule has 6 rings (SSSR count). The first kappa shape index (κ1) is 35.2. The molecule has 1 spiro atoms. The van der Waals surface area contributed by atoms with Crippen molar-refractivity contribution in [2.45, 2.75) is 55.6 Å². The van der Waals surface area contributed by atoms with Crippen molar-refractivity contribution in [1.82, 2.24) is 20.0 Å². The van der Waals surface area contributed by atoms with E-state index in [0.29, 0.717) is 51.1 Å². The molecule has 5 heterocycles. The van der Waals surface area contributed by atoms with Crippen LogP contribution in [0.25, 0.3) is 0 Å². The summed E-state index contributed by atoms with van der Waals surface area (Å²) in [5.74, 6) is -3.45. The van der Waals surface area contributed by atoms with E-state index >= 15 is 0 Å². The number of nitrogens with one attached hydrogen (secondary N) is 1. The Labute approximate surface area is 287 Å². The van der Waals surface area contributed by atoms with Gasteiger partial charge in [0.25, 0.3) is 0 Å². The Balaban J connectivity index is 1.37. The lowest BCUT2D eigenvalue weighted by Gasteiger charge is -2.37. The summed E-state index contributed by atoms with van der Waals surface area (Å²) >= 11 is 0. The molecule has 7 atom stereocenters. The van der Waals surface area contributed by atoms with Gasteiger partial charge in [0.15, 0.2) is 0 Å². The topological polar surface area (TPSA) is 147 Å². The Hall–Kier alpha value is -3.62.